The molecule has 0 radical (unpaired) electrons. The summed E-state index contributed by atoms with van der Waals surface area (Å²) in [6, 6.07) is 9.48. The molecule has 28 heavy (non-hydrogen) atoms. The quantitative estimate of drug-likeness (QED) is 0.625. The fourth-order valence-electron chi connectivity index (χ4n) is 4.09. The monoisotopic (exact) mass is 390 g/mol. The maximum atomic E-state index is 10.6. The van der Waals surface area contributed by atoms with E-state index in [1.807, 2.05) is 0 Å². The second kappa shape index (κ2) is 7.14. The van der Waals surface area contributed by atoms with Crippen molar-refractivity contribution in [3.8, 4) is 23.0 Å². The van der Waals surface area contributed by atoms with Crippen molar-refractivity contribution in [3.63, 3.8) is 0 Å². The van der Waals surface area contributed by atoms with E-state index in [1.165, 1.54) is 26.4 Å². The lowest BCUT2D eigenvalue weighted by atomic mass is 9.83. The largest absolute Gasteiger partial charge is 0.504 e. The first-order valence-corrected chi connectivity index (χ1v) is 8.85. The van der Waals surface area contributed by atoms with Crippen molar-refractivity contribution in [1.82, 2.24) is 0 Å². The smallest absolute Gasteiger partial charge is 0.161 e. The van der Waals surface area contributed by atoms with Crippen LogP contribution in [0.3, 0.4) is 0 Å². The van der Waals surface area contributed by atoms with E-state index in [0.717, 1.165) is 0 Å². The van der Waals surface area contributed by atoms with Gasteiger partial charge in [-0.05, 0) is 35.4 Å². The lowest BCUT2D eigenvalue weighted by molar-refractivity contribution is -0.173. The van der Waals surface area contributed by atoms with Gasteiger partial charge in [0, 0.05) is 0 Å². The van der Waals surface area contributed by atoms with Crippen LogP contribution in [-0.2, 0) is 9.47 Å². The molecule has 8 heteroatoms. The summed E-state index contributed by atoms with van der Waals surface area (Å²) in [5.41, 5.74) is 1.29. The minimum absolute atomic E-state index is 0.0152. The van der Waals surface area contributed by atoms with Crippen LogP contribution >= 0.6 is 0 Å². The van der Waals surface area contributed by atoms with Gasteiger partial charge in [-0.1, -0.05) is 12.1 Å². The molecule has 0 spiro atoms. The number of aromatic hydroxyl groups is 2. The molecule has 2 fully saturated rings. The van der Waals surface area contributed by atoms with Crippen LogP contribution in [0, 0.1) is 11.8 Å². The van der Waals surface area contributed by atoms with Crippen LogP contribution < -0.4 is 9.47 Å². The number of benzene rings is 2. The van der Waals surface area contributed by atoms with Gasteiger partial charge in [-0.2, -0.15) is 0 Å². The van der Waals surface area contributed by atoms with Crippen molar-refractivity contribution in [3.05, 3.63) is 47.5 Å². The summed E-state index contributed by atoms with van der Waals surface area (Å²) in [6.45, 7) is 0. The highest BCUT2D eigenvalue weighted by Crippen LogP contribution is 2.55. The topological polar surface area (TPSA) is 118 Å². The number of phenols is 2. The van der Waals surface area contributed by atoms with Crippen LogP contribution in [0.15, 0.2) is 36.4 Å². The Morgan fingerprint density at radius 3 is 1.46 bits per heavy atom. The molecule has 6 atom stereocenters. The molecule has 4 rings (SSSR count). The van der Waals surface area contributed by atoms with E-state index in [1.54, 1.807) is 24.3 Å². The average Bonchev–Trinajstić information content (AvgIpc) is 3.21. The van der Waals surface area contributed by atoms with Gasteiger partial charge in [0.05, 0.1) is 38.3 Å². The Labute approximate surface area is 161 Å². The first-order chi connectivity index (χ1) is 13.4. The summed E-state index contributed by atoms with van der Waals surface area (Å²) >= 11 is 0. The molecular weight excluding hydrogens is 368 g/mol. The van der Waals surface area contributed by atoms with Gasteiger partial charge in [-0.3, -0.25) is 0 Å². The molecule has 0 unspecified atom stereocenters. The highest BCUT2D eigenvalue weighted by molar-refractivity contribution is 5.44. The molecule has 2 saturated heterocycles. The van der Waals surface area contributed by atoms with E-state index in [-0.39, 0.29) is 23.0 Å². The zero-order valence-electron chi connectivity index (χ0n) is 15.4. The third-order valence-corrected chi connectivity index (χ3v) is 5.44. The van der Waals surface area contributed by atoms with Crippen LogP contribution in [0.1, 0.15) is 23.3 Å². The number of rotatable bonds is 4. The van der Waals surface area contributed by atoms with Crippen LogP contribution in [0.5, 0.6) is 23.0 Å². The van der Waals surface area contributed by atoms with Crippen molar-refractivity contribution in [1.29, 1.82) is 0 Å². The fourth-order valence-corrected chi connectivity index (χ4v) is 4.09. The van der Waals surface area contributed by atoms with E-state index >= 15 is 0 Å². The molecule has 2 aromatic rings. The minimum Gasteiger partial charge on any atom is -0.504 e. The number of hydrogen-bond acceptors (Lipinski definition) is 8. The number of phenolic OH excluding ortho intramolecular Hbond substituents is 2. The third kappa shape index (κ3) is 2.94. The Hall–Kier alpha value is -2.52. The standard InChI is InChI=1S/C20H22O8/c1-25-13-7-9(3-5-11(13)21)17-15-16(20(24)27-17)18(28-19(15)23)10-4-6-12(22)14(8-10)26-2/h3-8,15-24H,1-2H3/t15-,16-,17+,18+,19-,20-/m0/s1. The van der Waals surface area contributed by atoms with Gasteiger partial charge in [0.25, 0.3) is 0 Å². The third-order valence-electron chi connectivity index (χ3n) is 5.44. The number of methoxy groups -OCH3 is 2. The summed E-state index contributed by atoms with van der Waals surface area (Å²) in [4.78, 5) is 0. The first-order valence-electron chi connectivity index (χ1n) is 8.85. The van der Waals surface area contributed by atoms with Crippen molar-refractivity contribution < 1.29 is 39.4 Å². The molecule has 150 valence electrons. The lowest BCUT2D eigenvalue weighted by Gasteiger charge is -2.21. The summed E-state index contributed by atoms with van der Waals surface area (Å²) in [5.74, 6) is -0.556. The normalized spacial score (nSPS) is 31.6. The Bertz CT molecular complexity index is 798. The summed E-state index contributed by atoms with van der Waals surface area (Å²) in [5, 5.41) is 40.8. The van der Waals surface area contributed by atoms with E-state index < -0.39 is 36.6 Å². The predicted octanol–water partition coefficient (Wildman–Crippen LogP) is 1.83. The van der Waals surface area contributed by atoms with Gasteiger partial charge in [0.1, 0.15) is 0 Å². The molecule has 0 bridgehead atoms. The lowest BCUT2D eigenvalue weighted by Crippen LogP contribution is -2.23. The van der Waals surface area contributed by atoms with Gasteiger partial charge < -0.3 is 39.4 Å². The molecule has 2 heterocycles. The van der Waals surface area contributed by atoms with E-state index in [9.17, 15) is 20.4 Å². The Balaban J connectivity index is 1.67. The molecule has 0 aromatic heterocycles. The number of aliphatic hydroxyl groups is 2. The van der Waals surface area contributed by atoms with E-state index in [0.29, 0.717) is 11.1 Å². The summed E-state index contributed by atoms with van der Waals surface area (Å²) in [7, 11) is 2.88. The van der Waals surface area contributed by atoms with Gasteiger partial charge in [-0.15, -0.1) is 0 Å². The Kier molecular flexibility index (Phi) is 4.80. The summed E-state index contributed by atoms with van der Waals surface area (Å²) < 4.78 is 21.8. The Morgan fingerprint density at radius 2 is 1.11 bits per heavy atom. The number of fused-ring (bicyclic) bond motifs is 1. The van der Waals surface area contributed by atoms with Crippen molar-refractivity contribution in [2.75, 3.05) is 14.2 Å². The van der Waals surface area contributed by atoms with Crippen LogP contribution in [0.2, 0.25) is 0 Å². The molecule has 0 amide bonds. The van der Waals surface area contributed by atoms with Crippen LogP contribution in [0.25, 0.3) is 0 Å². The predicted molar refractivity (Wildman–Crippen MR) is 96.0 cm³/mol. The maximum Gasteiger partial charge on any atom is 0.161 e. The molecule has 0 saturated carbocycles. The highest BCUT2D eigenvalue weighted by Gasteiger charge is 2.57. The number of aliphatic hydroxyl groups excluding tert-OH is 2. The van der Waals surface area contributed by atoms with Crippen molar-refractivity contribution in [2.24, 2.45) is 11.8 Å². The molecule has 2 aliphatic rings. The molecule has 2 aromatic carbocycles. The zero-order chi connectivity index (χ0) is 20.0. The second-order valence-corrected chi connectivity index (χ2v) is 6.91. The van der Waals surface area contributed by atoms with Crippen molar-refractivity contribution in [2.45, 2.75) is 24.8 Å². The number of hydrogen-bond donors (Lipinski definition) is 4. The molecule has 2 aliphatic heterocycles. The SMILES string of the molecule is COc1cc([C@H]2O[C@H](O)[C@H]3[C@@H]2[C@@H](O)O[C@@H]3c2ccc(O)c(OC)c2)ccc1O. The van der Waals surface area contributed by atoms with Gasteiger partial charge in [0.15, 0.2) is 35.6 Å². The van der Waals surface area contributed by atoms with Crippen LogP contribution in [0.4, 0.5) is 0 Å². The molecule has 8 nitrogen and oxygen atoms in total. The molecule has 4 N–H and O–H groups in total. The van der Waals surface area contributed by atoms with Crippen molar-refractivity contribution >= 4 is 0 Å². The molecular formula is C20H22O8. The van der Waals surface area contributed by atoms with E-state index in [4.69, 9.17) is 18.9 Å². The fraction of sp³-hybridized carbons (Fsp3) is 0.400. The van der Waals surface area contributed by atoms with Gasteiger partial charge >= 0.3 is 0 Å². The van der Waals surface area contributed by atoms with E-state index in [2.05, 4.69) is 0 Å². The maximum absolute atomic E-state index is 10.6. The Morgan fingerprint density at radius 1 is 0.714 bits per heavy atom. The highest BCUT2D eigenvalue weighted by atomic mass is 16.7. The number of ether oxygens (including phenoxy) is 4. The summed E-state index contributed by atoms with van der Waals surface area (Å²) in [6.07, 6.45) is -3.63. The average molecular weight is 390 g/mol. The second-order valence-electron chi connectivity index (χ2n) is 6.91. The van der Waals surface area contributed by atoms with Gasteiger partial charge in [0.2, 0.25) is 0 Å². The minimum atomic E-state index is -1.17. The van der Waals surface area contributed by atoms with Crippen LogP contribution in [-0.4, -0.2) is 47.2 Å². The first kappa shape index (κ1) is 18.8. The zero-order valence-corrected chi connectivity index (χ0v) is 15.4. The van der Waals surface area contributed by atoms with Gasteiger partial charge in [-0.25, -0.2) is 0 Å². The molecule has 0 aliphatic carbocycles.